The van der Waals surface area contributed by atoms with Crippen molar-refractivity contribution in [1.82, 2.24) is 10.2 Å². The van der Waals surface area contributed by atoms with Crippen molar-refractivity contribution in [1.29, 1.82) is 0 Å². The lowest BCUT2D eigenvalue weighted by Gasteiger charge is -2.34. The molecule has 1 saturated carbocycles. The molecule has 3 amide bonds. The van der Waals surface area contributed by atoms with E-state index in [1.165, 1.54) is 6.42 Å². The maximum Gasteiger partial charge on any atom is 0.321 e. The summed E-state index contributed by atoms with van der Waals surface area (Å²) < 4.78 is 5.27. The first-order valence-corrected chi connectivity index (χ1v) is 11.0. The third-order valence-corrected chi connectivity index (χ3v) is 6.54. The molecule has 3 rings (SSSR count). The van der Waals surface area contributed by atoms with E-state index >= 15 is 0 Å². The molecule has 1 aromatic carbocycles. The van der Waals surface area contributed by atoms with Crippen molar-refractivity contribution in [3.63, 3.8) is 0 Å². The molecule has 1 heterocycles. The SMILES string of the molecule is C[C@@H]1[C@H](C)CCC[C@@H]1NC(=O)COC(=O)C1CCN(C(=O)Nc2ccccc2)CC1. The highest BCUT2D eigenvalue weighted by Crippen LogP contribution is 2.29. The molecule has 7 heteroatoms. The summed E-state index contributed by atoms with van der Waals surface area (Å²) in [5.41, 5.74) is 0.747. The van der Waals surface area contributed by atoms with Gasteiger partial charge < -0.3 is 20.3 Å². The summed E-state index contributed by atoms with van der Waals surface area (Å²) in [6.45, 7) is 5.13. The molecule has 0 bridgehead atoms. The minimum Gasteiger partial charge on any atom is -0.455 e. The lowest BCUT2D eigenvalue weighted by molar-refractivity contribution is -0.154. The quantitative estimate of drug-likeness (QED) is 0.722. The first-order chi connectivity index (χ1) is 14.4. The lowest BCUT2D eigenvalue weighted by Crippen LogP contribution is -2.46. The molecule has 0 radical (unpaired) electrons. The van der Waals surface area contributed by atoms with Gasteiger partial charge in [0.25, 0.3) is 5.91 Å². The van der Waals surface area contributed by atoms with E-state index in [2.05, 4.69) is 24.5 Å². The van der Waals surface area contributed by atoms with Gasteiger partial charge >= 0.3 is 12.0 Å². The van der Waals surface area contributed by atoms with Crippen LogP contribution in [0, 0.1) is 17.8 Å². The van der Waals surface area contributed by atoms with Crippen LogP contribution in [-0.4, -0.2) is 48.5 Å². The molecule has 1 aliphatic carbocycles. The molecule has 1 saturated heterocycles. The van der Waals surface area contributed by atoms with Crippen LogP contribution in [0.3, 0.4) is 0 Å². The van der Waals surface area contributed by atoms with E-state index in [1.54, 1.807) is 4.90 Å². The third-order valence-electron chi connectivity index (χ3n) is 6.54. The smallest absolute Gasteiger partial charge is 0.321 e. The van der Waals surface area contributed by atoms with Gasteiger partial charge in [0.1, 0.15) is 0 Å². The zero-order chi connectivity index (χ0) is 21.5. The van der Waals surface area contributed by atoms with Gasteiger partial charge in [-0.1, -0.05) is 44.9 Å². The number of urea groups is 1. The predicted molar refractivity (Wildman–Crippen MR) is 115 cm³/mol. The van der Waals surface area contributed by atoms with Gasteiger partial charge in [-0.3, -0.25) is 9.59 Å². The van der Waals surface area contributed by atoms with E-state index in [0.29, 0.717) is 37.8 Å². The topological polar surface area (TPSA) is 87.7 Å². The van der Waals surface area contributed by atoms with E-state index in [9.17, 15) is 14.4 Å². The van der Waals surface area contributed by atoms with E-state index < -0.39 is 0 Å². The number of carbonyl (C=O) groups is 3. The minimum absolute atomic E-state index is 0.159. The number of ether oxygens (including phenoxy) is 1. The number of hydrogen-bond acceptors (Lipinski definition) is 4. The van der Waals surface area contributed by atoms with Crippen LogP contribution >= 0.6 is 0 Å². The van der Waals surface area contributed by atoms with E-state index in [-0.39, 0.29) is 36.5 Å². The second-order valence-corrected chi connectivity index (χ2v) is 8.61. The number of hydrogen-bond donors (Lipinski definition) is 2. The van der Waals surface area contributed by atoms with Gasteiger partial charge in [-0.25, -0.2) is 4.79 Å². The summed E-state index contributed by atoms with van der Waals surface area (Å²) in [5.74, 6) is 0.181. The van der Waals surface area contributed by atoms with Crippen molar-refractivity contribution in [3.8, 4) is 0 Å². The molecular formula is C23H33N3O4. The Morgan fingerprint density at radius 1 is 1.03 bits per heavy atom. The molecule has 2 fully saturated rings. The third kappa shape index (κ3) is 5.97. The Morgan fingerprint density at radius 2 is 1.73 bits per heavy atom. The maximum atomic E-state index is 12.4. The van der Waals surface area contributed by atoms with Crippen LogP contribution < -0.4 is 10.6 Å². The van der Waals surface area contributed by atoms with Crippen LogP contribution in [0.15, 0.2) is 30.3 Å². The molecule has 1 aromatic rings. The molecule has 0 unspecified atom stereocenters. The Balaban J connectivity index is 1.37. The van der Waals surface area contributed by atoms with Gasteiger partial charge in [0, 0.05) is 24.8 Å². The van der Waals surface area contributed by atoms with Gasteiger partial charge in [-0.15, -0.1) is 0 Å². The Labute approximate surface area is 178 Å². The number of para-hydroxylation sites is 1. The van der Waals surface area contributed by atoms with E-state index in [1.807, 2.05) is 30.3 Å². The summed E-state index contributed by atoms with van der Waals surface area (Å²) in [5, 5.41) is 5.88. The average molecular weight is 416 g/mol. The van der Waals surface area contributed by atoms with Gasteiger partial charge in [0.05, 0.1) is 5.92 Å². The Kier molecular flexibility index (Phi) is 7.71. The van der Waals surface area contributed by atoms with E-state index in [0.717, 1.165) is 18.5 Å². The standard InChI is InChI=1S/C23H33N3O4/c1-16-7-6-10-20(17(16)2)25-21(27)15-30-22(28)18-11-13-26(14-12-18)23(29)24-19-8-4-3-5-9-19/h3-5,8-9,16-18,20H,6-7,10-15H2,1-2H3,(H,24,29)(H,25,27)/t16-,17-,20+/m1/s1. The summed E-state index contributed by atoms with van der Waals surface area (Å²) in [7, 11) is 0. The number of anilines is 1. The molecule has 2 N–H and O–H groups in total. The zero-order valence-electron chi connectivity index (χ0n) is 17.9. The van der Waals surface area contributed by atoms with Crippen LogP contribution in [0.1, 0.15) is 46.0 Å². The van der Waals surface area contributed by atoms with Crippen molar-refractivity contribution >= 4 is 23.6 Å². The van der Waals surface area contributed by atoms with Gasteiger partial charge in [-0.05, 0) is 43.2 Å². The summed E-state index contributed by atoms with van der Waals surface area (Å²) >= 11 is 0. The van der Waals surface area contributed by atoms with Crippen LogP contribution in [0.5, 0.6) is 0 Å². The van der Waals surface area contributed by atoms with Crippen molar-refractivity contribution in [2.45, 2.75) is 52.0 Å². The first kappa shape index (κ1) is 22.1. The molecule has 30 heavy (non-hydrogen) atoms. The number of nitrogens with zero attached hydrogens (tertiary/aromatic N) is 1. The lowest BCUT2D eigenvalue weighted by atomic mass is 9.78. The highest BCUT2D eigenvalue weighted by atomic mass is 16.5. The van der Waals surface area contributed by atoms with Crippen LogP contribution in [0.2, 0.25) is 0 Å². The highest BCUT2D eigenvalue weighted by molar-refractivity contribution is 5.89. The first-order valence-electron chi connectivity index (χ1n) is 11.0. The number of rotatable bonds is 5. The molecule has 1 aliphatic heterocycles. The summed E-state index contributed by atoms with van der Waals surface area (Å²) in [6.07, 6.45) is 4.38. The molecular weight excluding hydrogens is 382 g/mol. The van der Waals surface area contributed by atoms with Crippen LogP contribution in [0.25, 0.3) is 0 Å². The average Bonchev–Trinajstić information content (AvgIpc) is 2.76. The maximum absolute atomic E-state index is 12.4. The number of nitrogens with one attached hydrogen (secondary N) is 2. The van der Waals surface area contributed by atoms with Crippen molar-refractivity contribution in [2.24, 2.45) is 17.8 Å². The van der Waals surface area contributed by atoms with Gasteiger partial charge in [-0.2, -0.15) is 0 Å². The summed E-state index contributed by atoms with van der Waals surface area (Å²) in [4.78, 5) is 38.6. The predicted octanol–water partition coefficient (Wildman–Crippen LogP) is 3.41. The van der Waals surface area contributed by atoms with Gasteiger partial charge in [0.15, 0.2) is 6.61 Å². The molecule has 0 spiro atoms. The van der Waals surface area contributed by atoms with Crippen molar-refractivity contribution in [3.05, 3.63) is 30.3 Å². The molecule has 0 aromatic heterocycles. The van der Waals surface area contributed by atoms with Gasteiger partial charge in [0.2, 0.25) is 0 Å². The Hall–Kier alpha value is -2.57. The second kappa shape index (κ2) is 10.5. The molecule has 2 aliphatic rings. The largest absolute Gasteiger partial charge is 0.455 e. The fourth-order valence-corrected chi connectivity index (χ4v) is 4.33. The highest BCUT2D eigenvalue weighted by Gasteiger charge is 2.30. The number of likely N-dealkylation sites (tertiary alicyclic amines) is 1. The zero-order valence-corrected chi connectivity index (χ0v) is 17.9. The minimum atomic E-state index is -0.349. The fraction of sp³-hybridized carbons (Fsp3) is 0.609. The van der Waals surface area contributed by atoms with Crippen LogP contribution in [-0.2, 0) is 14.3 Å². The van der Waals surface area contributed by atoms with E-state index in [4.69, 9.17) is 4.74 Å². The molecule has 164 valence electrons. The number of esters is 1. The Bertz CT molecular complexity index is 731. The number of amides is 3. The number of benzene rings is 1. The van der Waals surface area contributed by atoms with Crippen LogP contribution in [0.4, 0.5) is 10.5 Å². The molecule has 7 nitrogen and oxygen atoms in total. The summed E-state index contributed by atoms with van der Waals surface area (Å²) in [6, 6.07) is 9.29. The number of piperidine rings is 1. The number of carbonyl (C=O) groups excluding carboxylic acids is 3. The Morgan fingerprint density at radius 3 is 2.43 bits per heavy atom. The fourth-order valence-electron chi connectivity index (χ4n) is 4.33. The molecule has 3 atom stereocenters. The monoisotopic (exact) mass is 415 g/mol. The van der Waals surface area contributed by atoms with Crippen molar-refractivity contribution < 1.29 is 19.1 Å². The normalized spacial score (nSPS) is 24.7. The second-order valence-electron chi connectivity index (χ2n) is 8.61. The van der Waals surface area contributed by atoms with Crippen molar-refractivity contribution in [2.75, 3.05) is 25.0 Å².